The third kappa shape index (κ3) is 4.70. The van der Waals surface area contributed by atoms with Gasteiger partial charge in [0.25, 0.3) is 5.91 Å². The lowest BCUT2D eigenvalue weighted by molar-refractivity contribution is 0.0963. The molecule has 0 aliphatic heterocycles. The van der Waals surface area contributed by atoms with Crippen LogP contribution in [0.3, 0.4) is 0 Å². The lowest BCUT2D eigenvalue weighted by Gasteiger charge is -2.21. The van der Waals surface area contributed by atoms with E-state index in [0.29, 0.717) is 11.3 Å². The van der Waals surface area contributed by atoms with Crippen LogP contribution in [-0.4, -0.2) is 25.7 Å². The number of carbonyl (C=O) groups is 1. The highest BCUT2D eigenvalue weighted by molar-refractivity contribution is 9.10. The zero-order chi connectivity index (χ0) is 20.1. The Hall–Kier alpha value is -2.42. The number of halogens is 1. The fraction of sp³-hybridized carbons (Fsp3) is 0.150. The van der Waals surface area contributed by atoms with Crippen molar-refractivity contribution in [2.75, 3.05) is 7.05 Å². The minimum Gasteiger partial charge on any atom is -0.468 e. The van der Waals surface area contributed by atoms with E-state index >= 15 is 0 Å². The van der Waals surface area contributed by atoms with Crippen LogP contribution in [0, 0.1) is 0 Å². The van der Waals surface area contributed by atoms with E-state index in [-0.39, 0.29) is 23.9 Å². The Kier molecular flexibility index (Phi) is 6.33. The lowest BCUT2D eigenvalue weighted by atomic mass is 10.1. The average Bonchev–Trinajstić information content (AvgIpc) is 3.21. The maximum atomic E-state index is 13.2. The number of nitrogens with zero attached hydrogens (tertiary/aromatic N) is 1. The zero-order valence-electron chi connectivity index (χ0n) is 15.1. The molecule has 0 fully saturated rings. The molecular weight excluding hydrogens is 444 g/mol. The van der Waals surface area contributed by atoms with Crippen LogP contribution >= 0.6 is 15.9 Å². The second kappa shape index (κ2) is 8.72. The number of sulfonamides is 1. The molecule has 0 aliphatic carbocycles. The summed E-state index contributed by atoms with van der Waals surface area (Å²) in [7, 11) is -2.19. The van der Waals surface area contributed by atoms with Crippen LogP contribution in [0.15, 0.2) is 80.7 Å². The van der Waals surface area contributed by atoms with Crippen LogP contribution in [0.2, 0.25) is 0 Å². The quantitative estimate of drug-likeness (QED) is 0.578. The van der Waals surface area contributed by atoms with Crippen molar-refractivity contribution in [3.63, 3.8) is 0 Å². The minimum absolute atomic E-state index is 0.0998. The topological polar surface area (TPSA) is 79.6 Å². The van der Waals surface area contributed by atoms with Gasteiger partial charge in [-0.3, -0.25) is 4.79 Å². The summed E-state index contributed by atoms with van der Waals surface area (Å²) in [6.45, 7) is 0.246. The highest BCUT2D eigenvalue weighted by Gasteiger charge is 2.26. The molecule has 0 atom stereocenters. The molecule has 0 saturated carbocycles. The number of amides is 1. The SMILES string of the molecule is CNC(=O)c1ccc(CN(Cc2ccco2)S(=O)(=O)c2ccc(Br)cc2)cc1. The van der Waals surface area contributed by atoms with Gasteiger partial charge < -0.3 is 9.73 Å². The molecule has 28 heavy (non-hydrogen) atoms. The number of carbonyl (C=O) groups excluding carboxylic acids is 1. The van der Waals surface area contributed by atoms with Crippen LogP contribution in [0.25, 0.3) is 0 Å². The molecule has 0 saturated heterocycles. The number of hydrogen-bond donors (Lipinski definition) is 1. The van der Waals surface area contributed by atoms with Gasteiger partial charge in [-0.2, -0.15) is 4.31 Å². The summed E-state index contributed by atoms with van der Waals surface area (Å²) in [4.78, 5) is 11.9. The van der Waals surface area contributed by atoms with Crippen molar-refractivity contribution in [2.24, 2.45) is 0 Å². The van der Waals surface area contributed by atoms with Crippen molar-refractivity contribution < 1.29 is 17.6 Å². The maximum absolute atomic E-state index is 13.2. The second-order valence-corrected chi connectivity index (χ2v) is 8.94. The number of furan rings is 1. The molecule has 1 heterocycles. The standard InChI is InChI=1S/C20H19BrN2O4S/c1-22-20(24)16-6-4-15(5-7-16)13-23(14-18-3-2-12-27-18)28(25,26)19-10-8-17(21)9-11-19/h2-12H,13-14H2,1H3,(H,22,24). The third-order valence-electron chi connectivity index (χ3n) is 4.17. The minimum atomic E-state index is -3.75. The van der Waals surface area contributed by atoms with Gasteiger partial charge in [-0.15, -0.1) is 0 Å². The number of nitrogens with one attached hydrogen (secondary N) is 1. The summed E-state index contributed by atoms with van der Waals surface area (Å²) in [5.41, 5.74) is 1.28. The van der Waals surface area contributed by atoms with E-state index in [1.165, 1.54) is 10.6 Å². The van der Waals surface area contributed by atoms with Gasteiger partial charge in [-0.1, -0.05) is 28.1 Å². The van der Waals surface area contributed by atoms with Crippen molar-refractivity contribution in [3.8, 4) is 0 Å². The maximum Gasteiger partial charge on any atom is 0.251 e. The van der Waals surface area contributed by atoms with E-state index in [1.54, 1.807) is 67.7 Å². The molecule has 146 valence electrons. The molecule has 0 unspecified atom stereocenters. The third-order valence-corrected chi connectivity index (χ3v) is 6.50. The van der Waals surface area contributed by atoms with E-state index in [1.807, 2.05) is 0 Å². The van der Waals surface area contributed by atoms with E-state index < -0.39 is 10.0 Å². The average molecular weight is 463 g/mol. The van der Waals surface area contributed by atoms with Crippen molar-refractivity contribution >= 4 is 31.9 Å². The van der Waals surface area contributed by atoms with Crippen molar-refractivity contribution in [1.82, 2.24) is 9.62 Å². The molecule has 1 N–H and O–H groups in total. The molecule has 1 amide bonds. The first kappa shape index (κ1) is 20.3. The molecule has 2 aromatic carbocycles. The zero-order valence-corrected chi connectivity index (χ0v) is 17.5. The first-order chi connectivity index (χ1) is 13.4. The molecule has 0 spiro atoms. The summed E-state index contributed by atoms with van der Waals surface area (Å²) in [6.07, 6.45) is 1.51. The van der Waals surface area contributed by atoms with Crippen LogP contribution in [0.5, 0.6) is 0 Å². The van der Waals surface area contributed by atoms with Crippen molar-refractivity contribution in [2.45, 2.75) is 18.0 Å². The summed E-state index contributed by atoms with van der Waals surface area (Å²) < 4.78 is 33.9. The molecule has 0 aliphatic rings. The predicted molar refractivity (Wildman–Crippen MR) is 109 cm³/mol. The highest BCUT2D eigenvalue weighted by Crippen LogP contribution is 2.23. The number of benzene rings is 2. The Bertz CT molecular complexity index is 1030. The molecule has 6 nitrogen and oxygen atoms in total. The Morgan fingerprint density at radius 1 is 1.04 bits per heavy atom. The Morgan fingerprint density at radius 3 is 2.29 bits per heavy atom. The highest BCUT2D eigenvalue weighted by atomic mass is 79.9. The molecule has 3 rings (SSSR count). The summed E-state index contributed by atoms with van der Waals surface area (Å²) in [5, 5.41) is 2.56. The number of hydrogen-bond acceptors (Lipinski definition) is 4. The van der Waals surface area contributed by atoms with Crippen molar-refractivity contribution in [1.29, 1.82) is 0 Å². The predicted octanol–water partition coefficient (Wildman–Crippen LogP) is 3.79. The summed E-state index contributed by atoms with van der Waals surface area (Å²) >= 11 is 3.32. The number of rotatable bonds is 7. The fourth-order valence-corrected chi connectivity index (χ4v) is 4.33. The van der Waals surface area contributed by atoms with Crippen molar-refractivity contribution in [3.05, 3.63) is 88.3 Å². The molecule has 8 heteroatoms. The Balaban J connectivity index is 1.90. The smallest absolute Gasteiger partial charge is 0.251 e. The summed E-state index contributed by atoms with van der Waals surface area (Å²) in [5.74, 6) is 0.351. The van der Waals surface area contributed by atoms with Gasteiger partial charge in [0.2, 0.25) is 10.0 Å². The summed E-state index contributed by atoms with van der Waals surface area (Å²) in [6, 6.07) is 16.8. The van der Waals surface area contributed by atoms with Gasteiger partial charge in [0.1, 0.15) is 5.76 Å². The van der Waals surface area contributed by atoms with Crippen LogP contribution in [-0.2, 0) is 23.1 Å². The fourth-order valence-electron chi connectivity index (χ4n) is 2.67. The van der Waals surface area contributed by atoms with Crippen LogP contribution in [0.1, 0.15) is 21.7 Å². The van der Waals surface area contributed by atoms with Crippen LogP contribution in [0.4, 0.5) is 0 Å². The van der Waals surface area contributed by atoms with E-state index in [2.05, 4.69) is 21.2 Å². The Morgan fingerprint density at radius 2 is 1.71 bits per heavy atom. The Labute approximate surface area is 172 Å². The van der Waals surface area contributed by atoms with E-state index in [4.69, 9.17) is 4.42 Å². The van der Waals surface area contributed by atoms with E-state index in [9.17, 15) is 13.2 Å². The molecule has 1 aromatic heterocycles. The van der Waals surface area contributed by atoms with Gasteiger partial charge in [0.15, 0.2) is 0 Å². The second-order valence-electron chi connectivity index (χ2n) is 6.08. The van der Waals surface area contributed by atoms with Gasteiger partial charge >= 0.3 is 0 Å². The van der Waals surface area contributed by atoms with E-state index in [0.717, 1.165) is 10.0 Å². The van der Waals surface area contributed by atoms with Gasteiger partial charge in [-0.05, 0) is 54.1 Å². The first-order valence-corrected chi connectivity index (χ1v) is 10.7. The molecule has 0 bridgehead atoms. The normalized spacial score (nSPS) is 11.5. The largest absolute Gasteiger partial charge is 0.468 e. The monoisotopic (exact) mass is 462 g/mol. The molecule has 0 radical (unpaired) electrons. The lowest BCUT2D eigenvalue weighted by Crippen LogP contribution is -2.30. The van der Waals surface area contributed by atoms with Crippen LogP contribution < -0.4 is 5.32 Å². The molecule has 3 aromatic rings. The first-order valence-electron chi connectivity index (χ1n) is 8.49. The van der Waals surface area contributed by atoms with Gasteiger partial charge in [0, 0.05) is 23.6 Å². The van der Waals surface area contributed by atoms with Gasteiger partial charge in [0.05, 0.1) is 17.7 Å². The molecular formula is C20H19BrN2O4S. The van der Waals surface area contributed by atoms with Gasteiger partial charge in [-0.25, -0.2) is 8.42 Å².